The Morgan fingerprint density at radius 3 is 2.50 bits per heavy atom. The fourth-order valence-electron chi connectivity index (χ4n) is 1.73. The third kappa shape index (κ3) is 4.52. The van der Waals surface area contributed by atoms with E-state index in [1.54, 1.807) is 20.8 Å². The van der Waals surface area contributed by atoms with Crippen molar-refractivity contribution in [2.45, 2.75) is 33.7 Å². The number of nitrogens with two attached hydrogens (primary N) is 1. The van der Waals surface area contributed by atoms with E-state index in [1.807, 2.05) is 0 Å². The van der Waals surface area contributed by atoms with Crippen LogP contribution in [0.25, 0.3) is 0 Å². The van der Waals surface area contributed by atoms with Gasteiger partial charge in [0, 0.05) is 0 Å². The highest BCUT2D eigenvalue weighted by atomic mass is 32.2. The molecule has 0 bridgehead atoms. The van der Waals surface area contributed by atoms with Gasteiger partial charge in [-0.1, -0.05) is 6.92 Å². The molecule has 2 N–H and O–H groups in total. The molecule has 1 rings (SSSR count). The molecule has 0 atom stereocenters. The normalized spacial score (nSPS) is 11.6. The van der Waals surface area contributed by atoms with Gasteiger partial charge in [-0.05, 0) is 20.3 Å². The van der Waals surface area contributed by atoms with Crippen LogP contribution >= 0.6 is 0 Å². The summed E-state index contributed by atoms with van der Waals surface area (Å²) in [5.74, 6) is -0.563. The Kier molecular flexibility index (Phi) is 5.55. The molecule has 114 valence electrons. The molecule has 0 fully saturated rings. The minimum absolute atomic E-state index is 0.0717. The molecule has 8 heteroatoms. The van der Waals surface area contributed by atoms with Gasteiger partial charge >= 0.3 is 5.97 Å². The van der Waals surface area contributed by atoms with Crippen molar-refractivity contribution < 1.29 is 17.9 Å². The van der Waals surface area contributed by atoms with Crippen molar-refractivity contribution in [2.75, 3.05) is 23.8 Å². The van der Waals surface area contributed by atoms with Crippen LogP contribution in [-0.2, 0) is 25.9 Å². The zero-order valence-corrected chi connectivity index (χ0v) is 12.9. The van der Waals surface area contributed by atoms with E-state index >= 15 is 0 Å². The van der Waals surface area contributed by atoms with Gasteiger partial charge in [0.25, 0.3) is 0 Å². The van der Waals surface area contributed by atoms with Gasteiger partial charge in [0.15, 0.2) is 9.84 Å². The van der Waals surface area contributed by atoms with Crippen LogP contribution in [0.15, 0.2) is 0 Å². The molecule has 0 radical (unpaired) electrons. The third-order valence-corrected chi connectivity index (χ3v) is 4.71. The van der Waals surface area contributed by atoms with Gasteiger partial charge in [-0.15, -0.1) is 0 Å². The predicted octanol–water partition coefficient (Wildman–Crippen LogP) is 0.450. The van der Waals surface area contributed by atoms with Crippen LogP contribution in [0.2, 0.25) is 0 Å². The molecular weight excluding hydrogens is 282 g/mol. The van der Waals surface area contributed by atoms with Crippen LogP contribution in [0, 0.1) is 13.8 Å². The largest absolute Gasteiger partial charge is 0.463 e. The Morgan fingerprint density at radius 1 is 1.35 bits per heavy atom. The molecule has 1 aromatic heterocycles. The molecule has 0 spiro atoms. The summed E-state index contributed by atoms with van der Waals surface area (Å²) in [5.41, 5.74) is 7.65. The Balaban J connectivity index is 2.47. The van der Waals surface area contributed by atoms with Gasteiger partial charge in [0.05, 0.1) is 28.6 Å². The minimum atomic E-state index is -3.13. The number of nitrogen functional groups attached to an aromatic ring is 1. The zero-order valence-electron chi connectivity index (χ0n) is 12.0. The van der Waals surface area contributed by atoms with Gasteiger partial charge in [-0.3, -0.25) is 9.48 Å². The highest BCUT2D eigenvalue weighted by Gasteiger charge is 2.14. The van der Waals surface area contributed by atoms with E-state index in [-0.39, 0.29) is 24.7 Å². The maximum Gasteiger partial charge on any atom is 0.327 e. The molecule has 7 nitrogen and oxygen atoms in total. The van der Waals surface area contributed by atoms with Crippen molar-refractivity contribution in [2.24, 2.45) is 0 Å². The lowest BCUT2D eigenvalue weighted by Gasteiger charge is -2.06. The van der Waals surface area contributed by atoms with Crippen LogP contribution in [0.5, 0.6) is 0 Å². The van der Waals surface area contributed by atoms with Crippen molar-refractivity contribution >= 4 is 21.5 Å². The number of ether oxygens (including phenoxy) is 1. The molecule has 0 aliphatic heterocycles. The number of aromatic nitrogens is 2. The average Bonchev–Trinajstić information content (AvgIpc) is 2.56. The molecular formula is C12H21N3O4S. The summed E-state index contributed by atoms with van der Waals surface area (Å²) in [4.78, 5) is 11.6. The number of anilines is 1. The maximum absolute atomic E-state index is 11.6. The van der Waals surface area contributed by atoms with E-state index in [0.29, 0.717) is 23.5 Å². The molecule has 0 amide bonds. The van der Waals surface area contributed by atoms with E-state index in [1.165, 1.54) is 4.68 Å². The number of carbonyl (C=O) groups excluding carboxylic acids is 1. The lowest BCUT2D eigenvalue weighted by Crippen LogP contribution is -2.21. The number of nitrogens with zero attached hydrogens (tertiary/aromatic N) is 2. The smallest absolute Gasteiger partial charge is 0.327 e. The summed E-state index contributed by atoms with van der Waals surface area (Å²) >= 11 is 0. The average molecular weight is 303 g/mol. The maximum atomic E-state index is 11.6. The minimum Gasteiger partial charge on any atom is -0.463 e. The fourth-order valence-corrected chi connectivity index (χ4v) is 2.89. The quantitative estimate of drug-likeness (QED) is 0.733. The number of hydrogen-bond donors (Lipinski definition) is 1. The van der Waals surface area contributed by atoms with Crippen molar-refractivity contribution in [1.29, 1.82) is 0 Å². The topological polar surface area (TPSA) is 104 Å². The number of esters is 1. The molecule has 1 aromatic rings. The van der Waals surface area contributed by atoms with Gasteiger partial charge in [-0.25, -0.2) is 8.42 Å². The van der Waals surface area contributed by atoms with E-state index in [0.717, 1.165) is 0 Å². The molecule has 20 heavy (non-hydrogen) atoms. The first-order valence-electron chi connectivity index (χ1n) is 6.42. The van der Waals surface area contributed by atoms with Crippen LogP contribution < -0.4 is 5.73 Å². The monoisotopic (exact) mass is 303 g/mol. The van der Waals surface area contributed by atoms with Crippen LogP contribution in [0.4, 0.5) is 5.69 Å². The van der Waals surface area contributed by atoms with Crippen LogP contribution in [-0.4, -0.2) is 42.3 Å². The lowest BCUT2D eigenvalue weighted by molar-refractivity contribution is -0.143. The molecule has 0 aliphatic rings. The number of hydrogen-bond acceptors (Lipinski definition) is 6. The summed E-state index contributed by atoms with van der Waals surface area (Å²) in [6.45, 7) is 5.10. The highest BCUT2D eigenvalue weighted by Crippen LogP contribution is 2.14. The second-order valence-electron chi connectivity index (χ2n) is 4.61. The second-order valence-corrected chi connectivity index (χ2v) is 6.92. The second kappa shape index (κ2) is 6.74. The molecule has 0 unspecified atom stereocenters. The molecule has 0 saturated carbocycles. The van der Waals surface area contributed by atoms with Crippen LogP contribution in [0.1, 0.15) is 24.7 Å². The first kappa shape index (κ1) is 16.5. The molecule has 0 saturated heterocycles. The summed E-state index contributed by atoms with van der Waals surface area (Å²) in [6.07, 6.45) is 0.557. The van der Waals surface area contributed by atoms with Crippen molar-refractivity contribution in [3.63, 3.8) is 0 Å². The molecule has 1 heterocycles. The summed E-state index contributed by atoms with van der Waals surface area (Å²) in [7, 11) is -3.13. The standard InChI is InChI=1S/C12H21N3O4S/c1-4-6-20(17,18)7-5-19-11(16)8-15-10(3)12(13)9(2)14-15/h4-8,13H2,1-3H3. The van der Waals surface area contributed by atoms with Gasteiger partial charge in [-0.2, -0.15) is 5.10 Å². The molecule has 0 aliphatic carbocycles. The first-order chi connectivity index (χ1) is 9.26. The Morgan fingerprint density at radius 2 is 2.00 bits per heavy atom. The SMILES string of the molecule is CCCS(=O)(=O)CCOC(=O)Cn1nc(C)c(N)c1C. The van der Waals surface area contributed by atoms with Crippen molar-refractivity contribution in [3.05, 3.63) is 11.4 Å². The van der Waals surface area contributed by atoms with E-state index in [9.17, 15) is 13.2 Å². The van der Waals surface area contributed by atoms with Crippen molar-refractivity contribution in [3.8, 4) is 0 Å². The summed E-state index contributed by atoms with van der Waals surface area (Å²) in [5, 5.41) is 4.11. The Labute approximate surface area is 119 Å². The number of carbonyl (C=O) groups is 1. The number of aryl methyl sites for hydroxylation is 1. The summed E-state index contributed by atoms with van der Waals surface area (Å²) in [6, 6.07) is 0. The number of sulfone groups is 1. The first-order valence-corrected chi connectivity index (χ1v) is 8.24. The van der Waals surface area contributed by atoms with E-state index in [4.69, 9.17) is 10.5 Å². The highest BCUT2D eigenvalue weighted by molar-refractivity contribution is 7.91. The van der Waals surface area contributed by atoms with Gasteiger partial charge in [0.1, 0.15) is 13.2 Å². The number of rotatable bonds is 7. The summed E-state index contributed by atoms with van der Waals surface area (Å²) < 4.78 is 29.3. The fraction of sp³-hybridized carbons (Fsp3) is 0.667. The van der Waals surface area contributed by atoms with Crippen LogP contribution in [0.3, 0.4) is 0 Å². The zero-order chi connectivity index (χ0) is 15.3. The van der Waals surface area contributed by atoms with Crippen molar-refractivity contribution in [1.82, 2.24) is 9.78 Å². The van der Waals surface area contributed by atoms with Gasteiger partial charge in [0.2, 0.25) is 0 Å². The molecule has 0 aromatic carbocycles. The van der Waals surface area contributed by atoms with E-state index in [2.05, 4.69) is 5.10 Å². The third-order valence-electron chi connectivity index (χ3n) is 2.89. The predicted molar refractivity (Wildman–Crippen MR) is 76.0 cm³/mol. The van der Waals surface area contributed by atoms with Gasteiger partial charge < -0.3 is 10.5 Å². The Bertz CT molecular complexity index is 578. The lowest BCUT2D eigenvalue weighted by atomic mass is 10.3. The van der Waals surface area contributed by atoms with E-state index < -0.39 is 15.8 Å². The Hall–Kier alpha value is -1.57.